The maximum absolute atomic E-state index is 11.7. The van der Waals surface area contributed by atoms with Gasteiger partial charge >= 0.3 is 0 Å². The fourth-order valence-corrected chi connectivity index (χ4v) is 3.39. The highest BCUT2D eigenvalue weighted by Gasteiger charge is 2.17. The number of primary amides is 1. The van der Waals surface area contributed by atoms with Crippen LogP contribution < -0.4 is 11.5 Å². The SMILES string of the molecule is CC(C)n1cc(-c2ccc3c(C(N)=O)cccc3c2)c2c(N)ncnc21. The normalized spacial score (nSPS) is 11.5. The van der Waals surface area contributed by atoms with E-state index in [1.165, 1.54) is 6.33 Å². The fraction of sp³-hybridized carbons (Fsp3) is 0.150. The molecule has 0 saturated heterocycles. The second-order valence-corrected chi connectivity index (χ2v) is 6.61. The van der Waals surface area contributed by atoms with Gasteiger partial charge in [0.15, 0.2) is 0 Å². The number of benzene rings is 2. The van der Waals surface area contributed by atoms with Gasteiger partial charge in [-0.1, -0.05) is 24.3 Å². The van der Waals surface area contributed by atoms with E-state index >= 15 is 0 Å². The zero-order valence-corrected chi connectivity index (χ0v) is 14.6. The van der Waals surface area contributed by atoms with E-state index in [0.717, 1.165) is 32.9 Å². The maximum atomic E-state index is 11.7. The van der Waals surface area contributed by atoms with Crippen molar-refractivity contribution >= 4 is 33.5 Å². The van der Waals surface area contributed by atoms with Crippen LogP contribution in [0.15, 0.2) is 48.9 Å². The van der Waals surface area contributed by atoms with Crippen LogP contribution in [-0.4, -0.2) is 20.4 Å². The molecule has 2 aromatic carbocycles. The van der Waals surface area contributed by atoms with Crippen molar-refractivity contribution in [3.63, 3.8) is 0 Å². The molecule has 130 valence electrons. The number of anilines is 1. The first-order valence-electron chi connectivity index (χ1n) is 8.41. The van der Waals surface area contributed by atoms with Gasteiger partial charge < -0.3 is 16.0 Å². The van der Waals surface area contributed by atoms with E-state index in [1.54, 1.807) is 6.07 Å². The van der Waals surface area contributed by atoms with Crippen molar-refractivity contribution in [3.05, 3.63) is 54.5 Å². The molecule has 0 spiro atoms. The van der Waals surface area contributed by atoms with E-state index in [4.69, 9.17) is 11.5 Å². The molecule has 0 aliphatic carbocycles. The van der Waals surface area contributed by atoms with Crippen LogP contribution >= 0.6 is 0 Å². The van der Waals surface area contributed by atoms with E-state index in [2.05, 4.69) is 34.6 Å². The number of amides is 1. The largest absolute Gasteiger partial charge is 0.383 e. The minimum Gasteiger partial charge on any atom is -0.383 e. The summed E-state index contributed by atoms with van der Waals surface area (Å²) < 4.78 is 2.09. The van der Waals surface area contributed by atoms with Crippen LogP contribution in [0.3, 0.4) is 0 Å². The Hall–Kier alpha value is -3.41. The van der Waals surface area contributed by atoms with Crippen molar-refractivity contribution in [1.82, 2.24) is 14.5 Å². The van der Waals surface area contributed by atoms with Crippen molar-refractivity contribution < 1.29 is 4.79 Å². The Labute approximate surface area is 150 Å². The second-order valence-electron chi connectivity index (χ2n) is 6.61. The first-order chi connectivity index (χ1) is 12.5. The lowest BCUT2D eigenvalue weighted by molar-refractivity contribution is 0.100. The minimum atomic E-state index is -0.433. The van der Waals surface area contributed by atoms with Gasteiger partial charge in [0, 0.05) is 23.4 Å². The number of hydrogen-bond acceptors (Lipinski definition) is 4. The molecule has 0 aliphatic heterocycles. The topological polar surface area (TPSA) is 99.8 Å². The molecule has 6 heteroatoms. The fourth-order valence-electron chi connectivity index (χ4n) is 3.39. The van der Waals surface area contributed by atoms with Crippen LogP contribution in [-0.2, 0) is 0 Å². The predicted molar refractivity (Wildman–Crippen MR) is 104 cm³/mol. The van der Waals surface area contributed by atoms with Crippen molar-refractivity contribution in [2.75, 3.05) is 5.73 Å². The van der Waals surface area contributed by atoms with Crippen molar-refractivity contribution in [1.29, 1.82) is 0 Å². The third-order valence-corrected chi connectivity index (χ3v) is 4.65. The summed E-state index contributed by atoms with van der Waals surface area (Å²) in [6, 6.07) is 11.7. The van der Waals surface area contributed by atoms with Crippen LogP contribution in [0.4, 0.5) is 5.82 Å². The van der Waals surface area contributed by atoms with Crippen LogP contribution in [0.5, 0.6) is 0 Å². The van der Waals surface area contributed by atoms with Crippen LogP contribution in [0.2, 0.25) is 0 Å². The number of rotatable bonds is 3. The summed E-state index contributed by atoms with van der Waals surface area (Å²) in [6.07, 6.45) is 3.54. The first-order valence-corrected chi connectivity index (χ1v) is 8.41. The number of nitrogens with zero attached hydrogens (tertiary/aromatic N) is 3. The maximum Gasteiger partial charge on any atom is 0.249 e. The summed E-state index contributed by atoms with van der Waals surface area (Å²) in [7, 11) is 0. The number of fused-ring (bicyclic) bond motifs is 2. The number of hydrogen-bond donors (Lipinski definition) is 2. The molecular formula is C20H19N5O. The Morgan fingerprint density at radius 2 is 1.96 bits per heavy atom. The molecule has 6 nitrogen and oxygen atoms in total. The number of carbonyl (C=O) groups excluding carboxylic acids is 1. The van der Waals surface area contributed by atoms with E-state index < -0.39 is 5.91 Å². The summed E-state index contributed by atoms with van der Waals surface area (Å²) in [5.74, 6) is 0.0211. The van der Waals surface area contributed by atoms with Gasteiger partial charge in [0.25, 0.3) is 0 Å². The standard InChI is InChI=1S/C20H19N5O/c1-11(2)25-9-16(17-18(21)23-10-24-20(17)25)13-6-7-14-12(8-13)4-3-5-15(14)19(22)26/h3-11H,1-2H3,(H2,22,26)(H2,21,23,24). The Balaban J connectivity index is 2.00. The highest BCUT2D eigenvalue weighted by molar-refractivity contribution is 6.08. The Morgan fingerprint density at radius 3 is 2.69 bits per heavy atom. The third-order valence-electron chi connectivity index (χ3n) is 4.65. The quantitative estimate of drug-likeness (QED) is 0.593. The molecule has 0 fully saturated rings. The first kappa shape index (κ1) is 16.1. The van der Waals surface area contributed by atoms with Gasteiger partial charge in [-0.25, -0.2) is 9.97 Å². The summed E-state index contributed by atoms with van der Waals surface area (Å²) in [4.78, 5) is 20.2. The van der Waals surface area contributed by atoms with Gasteiger partial charge in [-0.2, -0.15) is 0 Å². The molecule has 0 bridgehead atoms. The monoisotopic (exact) mass is 345 g/mol. The number of aromatic nitrogens is 3. The van der Waals surface area contributed by atoms with E-state index in [1.807, 2.05) is 30.3 Å². The Bertz CT molecular complexity index is 1160. The van der Waals surface area contributed by atoms with Gasteiger partial charge in [-0.15, -0.1) is 0 Å². The summed E-state index contributed by atoms with van der Waals surface area (Å²) in [6.45, 7) is 4.20. The zero-order chi connectivity index (χ0) is 18.4. The highest BCUT2D eigenvalue weighted by atomic mass is 16.1. The Morgan fingerprint density at radius 1 is 1.15 bits per heavy atom. The molecule has 0 aliphatic rings. The van der Waals surface area contributed by atoms with Crippen LogP contribution in [0, 0.1) is 0 Å². The van der Waals surface area contributed by atoms with Crippen LogP contribution in [0.1, 0.15) is 30.2 Å². The average molecular weight is 345 g/mol. The summed E-state index contributed by atoms with van der Waals surface area (Å²) in [5.41, 5.74) is 14.9. The molecule has 0 saturated carbocycles. The van der Waals surface area contributed by atoms with E-state index in [9.17, 15) is 4.79 Å². The Kier molecular flexibility index (Phi) is 3.61. The van der Waals surface area contributed by atoms with E-state index in [-0.39, 0.29) is 6.04 Å². The summed E-state index contributed by atoms with van der Waals surface area (Å²) in [5, 5.41) is 2.62. The van der Waals surface area contributed by atoms with Gasteiger partial charge in [-0.3, -0.25) is 4.79 Å². The molecule has 4 rings (SSSR count). The molecule has 0 radical (unpaired) electrons. The zero-order valence-electron chi connectivity index (χ0n) is 14.6. The lowest BCUT2D eigenvalue weighted by Gasteiger charge is -2.07. The van der Waals surface area contributed by atoms with Gasteiger partial charge in [-0.05, 0) is 42.3 Å². The van der Waals surface area contributed by atoms with Crippen molar-refractivity contribution in [2.45, 2.75) is 19.9 Å². The molecule has 2 heterocycles. The van der Waals surface area contributed by atoms with E-state index in [0.29, 0.717) is 11.4 Å². The van der Waals surface area contributed by atoms with Crippen molar-refractivity contribution in [3.8, 4) is 11.1 Å². The minimum absolute atomic E-state index is 0.238. The van der Waals surface area contributed by atoms with Crippen molar-refractivity contribution in [2.24, 2.45) is 5.73 Å². The van der Waals surface area contributed by atoms with Crippen LogP contribution in [0.25, 0.3) is 32.9 Å². The third kappa shape index (κ3) is 2.38. The molecular weight excluding hydrogens is 326 g/mol. The van der Waals surface area contributed by atoms with Gasteiger partial charge in [0.2, 0.25) is 5.91 Å². The molecule has 4 N–H and O–H groups in total. The number of nitrogen functional groups attached to an aromatic ring is 1. The predicted octanol–water partition coefficient (Wildman–Crippen LogP) is 3.51. The van der Waals surface area contributed by atoms with Gasteiger partial charge in [0.05, 0.1) is 5.39 Å². The lowest BCUT2D eigenvalue weighted by Crippen LogP contribution is -2.11. The molecule has 26 heavy (non-hydrogen) atoms. The molecule has 0 unspecified atom stereocenters. The molecule has 4 aromatic rings. The lowest BCUT2D eigenvalue weighted by atomic mass is 9.98. The number of carbonyl (C=O) groups is 1. The molecule has 2 aromatic heterocycles. The number of nitrogens with two attached hydrogens (primary N) is 2. The molecule has 1 amide bonds. The molecule has 0 atom stereocenters. The second kappa shape index (κ2) is 5.84. The highest BCUT2D eigenvalue weighted by Crippen LogP contribution is 2.35. The smallest absolute Gasteiger partial charge is 0.249 e. The summed E-state index contributed by atoms with van der Waals surface area (Å²) >= 11 is 0. The average Bonchev–Trinajstić information content (AvgIpc) is 3.02. The van der Waals surface area contributed by atoms with Gasteiger partial charge in [0.1, 0.15) is 17.8 Å².